The average Bonchev–Trinajstić information content (AvgIpc) is 3.16. The Labute approximate surface area is 181 Å². The van der Waals surface area contributed by atoms with E-state index in [0.717, 1.165) is 16.9 Å². The SMILES string of the molecule is Cc1cc(C)c(C)c(OCCCNC(=O)COC(=O)/C=C/c2nc3ccccc3o2)c1. The van der Waals surface area contributed by atoms with Crippen molar-refractivity contribution in [2.24, 2.45) is 0 Å². The molecular formula is C24H26N2O5. The predicted octanol–water partition coefficient (Wildman–Crippen LogP) is 3.89. The first-order chi connectivity index (χ1) is 14.9. The first-order valence-corrected chi connectivity index (χ1v) is 10.1. The first-order valence-electron chi connectivity index (χ1n) is 10.1. The highest BCUT2D eigenvalue weighted by Gasteiger charge is 2.07. The van der Waals surface area contributed by atoms with Crippen LogP contribution in [0.1, 0.15) is 29.0 Å². The van der Waals surface area contributed by atoms with Crippen molar-refractivity contribution in [1.29, 1.82) is 0 Å². The van der Waals surface area contributed by atoms with Gasteiger partial charge in [-0.05, 0) is 62.1 Å². The lowest BCUT2D eigenvalue weighted by molar-refractivity contribution is -0.143. The van der Waals surface area contributed by atoms with Gasteiger partial charge in [0, 0.05) is 18.7 Å². The highest BCUT2D eigenvalue weighted by molar-refractivity contribution is 5.89. The Balaban J connectivity index is 1.33. The van der Waals surface area contributed by atoms with E-state index < -0.39 is 5.97 Å². The van der Waals surface area contributed by atoms with Crippen LogP contribution in [0.25, 0.3) is 17.2 Å². The standard InChI is InChI=1S/C24H26N2O5/c1-16-13-17(2)18(3)21(14-16)29-12-6-11-25-22(27)15-30-24(28)10-9-23-26-19-7-4-5-8-20(19)31-23/h4-5,7-10,13-14H,6,11-12,15H2,1-3H3,(H,25,27)/b10-9+. The zero-order chi connectivity index (χ0) is 22.2. The number of nitrogens with zero attached hydrogens (tertiary/aromatic N) is 1. The van der Waals surface area contributed by atoms with Crippen molar-refractivity contribution < 1.29 is 23.5 Å². The Kier molecular flexibility index (Phi) is 7.43. The number of hydrogen-bond acceptors (Lipinski definition) is 6. The van der Waals surface area contributed by atoms with Crippen LogP contribution in [0.2, 0.25) is 0 Å². The second kappa shape index (κ2) is 10.4. The van der Waals surface area contributed by atoms with Crippen molar-refractivity contribution in [2.45, 2.75) is 27.2 Å². The topological polar surface area (TPSA) is 90.7 Å². The molecule has 1 heterocycles. The summed E-state index contributed by atoms with van der Waals surface area (Å²) < 4.78 is 16.2. The summed E-state index contributed by atoms with van der Waals surface area (Å²) in [6.45, 7) is 6.67. The quantitative estimate of drug-likeness (QED) is 0.320. The third kappa shape index (κ3) is 6.44. The third-order valence-electron chi connectivity index (χ3n) is 4.68. The highest BCUT2D eigenvalue weighted by Crippen LogP contribution is 2.23. The molecule has 0 radical (unpaired) electrons. The predicted molar refractivity (Wildman–Crippen MR) is 118 cm³/mol. The largest absolute Gasteiger partial charge is 0.493 e. The van der Waals surface area contributed by atoms with Crippen LogP contribution in [0.5, 0.6) is 5.75 Å². The van der Waals surface area contributed by atoms with Gasteiger partial charge in [0.2, 0.25) is 5.89 Å². The van der Waals surface area contributed by atoms with Gasteiger partial charge in [-0.1, -0.05) is 18.2 Å². The maximum atomic E-state index is 11.8. The molecule has 0 unspecified atom stereocenters. The van der Waals surface area contributed by atoms with E-state index in [-0.39, 0.29) is 12.5 Å². The van der Waals surface area contributed by atoms with E-state index in [1.54, 1.807) is 6.07 Å². The Morgan fingerprint density at radius 1 is 1.16 bits per heavy atom. The Morgan fingerprint density at radius 3 is 2.77 bits per heavy atom. The maximum absolute atomic E-state index is 11.8. The molecule has 0 bridgehead atoms. The number of aryl methyl sites for hydroxylation is 2. The van der Waals surface area contributed by atoms with Crippen molar-refractivity contribution in [2.75, 3.05) is 19.8 Å². The lowest BCUT2D eigenvalue weighted by Crippen LogP contribution is -2.30. The van der Waals surface area contributed by atoms with E-state index in [4.69, 9.17) is 13.9 Å². The Hall–Kier alpha value is -3.61. The molecule has 3 aromatic rings. The highest BCUT2D eigenvalue weighted by atomic mass is 16.5. The summed E-state index contributed by atoms with van der Waals surface area (Å²) >= 11 is 0. The normalized spacial score (nSPS) is 11.1. The average molecular weight is 422 g/mol. The molecule has 162 valence electrons. The van der Waals surface area contributed by atoms with Gasteiger partial charge < -0.3 is 19.2 Å². The van der Waals surface area contributed by atoms with Gasteiger partial charge in [-0.15, -0.1) is 0 Å². The number of carbonyl (C=O) groups is 2. The summed E-state index contributed by atoms with van der Waals surface area (Å²) in [5.74, 6) is 0.141. The summed E-state index contributed by atoms with van der Waals surface area (Å²) in [7, 11) is 0. The molecule has 0 aliphatic heterocycles. The van der Waals surface area contributed by atoms with Crippen LogP contribution in [0, 0.1) is 20.8 Å². The third-order valence-corrected chi connectivity index (χ3v) is 4.68. The van der Waals surface area contributed by atoms with Gasteiger partial charge in [0.1, 0.15) is 11.3 Å². The van der Waals surface area contributed by atoms with Gasteiger partial charge in [-0.25, -0.2) is 9.78 Å². The smallest absolute Gasteiger partial charge is 0.331 e. The van der Waals surface area contributed by atoms with Crippen molar-refractivity contribution >= 4 is 29.1 Å². The number of carbonyl (C=O) groups excluding carboxylic acids is 2. The van der Waals surface area contributed by atoms with Gasteiger partial charge >= 0.3 is 5.97 Å². The monoisotopic (exact) mass is 422 g/mol. The molecule has 0 atom stereocenters. The molecule has 7 heteroatoms. The molecule has 2 aromatic carbocycles. The number of fused-ring (bicyclic) bond motifs is 1. The van der Waals surface area contributed by atoms with Crippen molar-refractivity contribution in [3.8, 4) is 5.75 Å². The molecule has 7 nitrogen and oxygen atoms in total. The molecule has 0 spiro atoms. The Bertz CT molecular complexity index is 1070. The van der Waals surface area contributed by atoms with E-state index in [2.05, 4.69) is 23.3 Å². The van der Waals surface area contributed by atoms with Crippen LogP contribution in [-0.4, -0.2) is 36.6 Å². The summed E-state index contributed by atoms with van der Waals surface area (Å²) in [6.07, 6.45) is 3.23. The van der Waals surface area contributed by atoms with Crippen LogP contribution in [0.4, 0.5) is 0 Å². The fraction of sp³-hybridized carbons (Fsp3) is 0.292. The molecule has 3 rings (SSSR count). The second-order valence-corrected chi connectivity index (χ2v) is 7.22. The van der Waals surface area contributed by atoms with E-state index in [0.29, 0.717) is 36.6 Å². The summed E-state index contributed by atoms with van der Waals surface area (Å²) in [5.41, 5.74) is 4.79. The van der Waals surface area contributed by atoms with E-state index in [1.165, 1.54) is 17.7 Å². The zero-order valence-electron chi connectivity index (χ0n) is 17.9. The molecule has 0 aliphatic carbocycles. The molecule has 0 saturated heterocycles. The number of hydrogen-bond donors (Lipinski definition) is 1. The molecule has 1 N–H and O–H groups in total. The first kappa shape index (κ1) is 22.1. The number of esters is 1. The summed E-state index contributed by atoms with van der Waals surface area (Å²) in [5, 5.41) is 2.70. The van der Waals surface area contributed by atoms with Gasteiger partial charge in [0.05, 0.1) is 6.61 Å². The van der Waals surface area contributed by atoms with Crippen LogP contribution in [0.15, 0.2) is 46.9 Å². The van der Waals surface area contributed by atoms with Crippen LogP contribution >= 0.6 is 0 Å². The lowest BCUT2D eigenvalue weighted by atomic mass is 10.1. The molecule has 0 fully saturated rings. The fourth-order valence-corrected chi connectivity index (χ4v) is 2.97. The van der Waals surface area contributed by atoms with Gasteiger partial charge in [0.25, 0.3) is 5.91 Å². The van der Waals surface area contributed by atoms with E-state index >= 15 is 0 Å². The number of benzene rings is 2. The second-order valence-electron chi connectivity index (χ2n) is 7.22. The van der Waals surface area contributed by atoms with Gasteiger partial charge in [-0.2, -0.15) is 0 Å². The molecule has 0 aliphatic rings. The van der Waals surface area contributed by atoms with E-state index in [1.807, 2.05) is 38.1 Å². The summed E-state index contributed by atoms with van der Waals surface area (Å²) in [6, 6.07) is 11.4. The number of oxazole rings is 1. The number of aromatic nitrogens is 1. The number of ether oxygens (including phenoxy) is 2. The number of para-hydroxylation sites is 2. The minimum atomic E-state index is -0.647. The van der Waals surface area contributed by atoms with Crippen molar-refractivity contribution in [1.82, 2.24) is 10.3 Å². The number of rotatable bonds is 9. The molecular weight excluding hydrogens is 396 g/mol. The van der Waals surface area contributed by atoms with Crippen molar-refractivity contribution in [3.63, 3.8) is 0 Å². The number of amides is 1. The molecule has 0 saturated carbocycles. The van der Waals surface area contributed by atoms with Crippen LogP contribution < -0.4 is 10.1 Å². The number of nitrogens with one attached hydrogen (secondary N) is 1. The van der Waals surface area contributed by atoms with Crippen LogP contribution in [-0.2, 0) is 14.3 Å². The molecule has 1 aromatic heterocycles. The summed E-state index contributed by atoms with van der Waals surface area (Å²) in [4.78, 5) is 27.8. The maximum Gasteiger partial charge on any atom is 0.331 e. The zero-order valence-corrected chi connectivity index (χ0v) is 17.9. The van der Waals surface area contributed by atoms with E-state index in [9.17, 15) is 9.59 Å². The minimum absolute atomic E-state index is 0.293. The van der Waals surface area contributed by atoms with Gasteiger partial charge in [0.15, 0.2) is 12.2 Å². The van der Waals surface area contributed by atoms with Crippen molar-refractivity contribution in [3.05, 3.63) is 65.1 Å². The lowest BCUT2D eigenvalue weighted by Gasteiger charge is -2.12. The van der Waals surface area contributed by atoms with Crippen LogP contribution in [0.3, 0.4) is 0 Å². The Morgan fingerprint density at radius 2 is 1.97 bits per heavy atom. The molecule has 1 amide bonds. The fourth-order valence-electron chi connectivity index (χ4n) is 2.97. The minimum Gasteiger partial charge on any atom is -0.493 e. The van der Waals surface area contributed by atoms with Gasteiger partial charge in [-0.3, -0.25) is 4.79 Å². The molecule has 31 heavy (non-hydrogen) atoms.